The highest BCUT2D eigenvalue weighted by Gasteiger charge is 2.31. The summed E-state index contributed by atoms with van der Waals surface area (Å²) in [4.78, 5) is 12.7. The highest BCUT2D eigenvalue weighted by atomic mass is 32.1. The number of rotatable bonds is 7. The number of nitrogens with one attached hydrogen (secondary N) is 2. The van der Waals surface area contributed by atoms with Gasteiger partial charge in [0.15, 0.2) is 5.11 Å². The van der Waals surface area contributed by atoms with Crippen LogP contribution in [0.5, 0.6) is 11.5 Å². The van der Waals surface area contributed by atoms with E-state index in [9.17, 15) is 4.79 Å². The van der Waals surface area contributed by atoms with E-state index in [2.05, 4.69) is 10.6 Å². The number of methoxy groups -OCH3 is 1. The summed E-state index contributed by atoms with van der Waals surface area (Å²) in [6.45, 7) is 2.32. The molecule has 1 heterocycles. The smallest absolute Gasteiger partial charge is 0.338 e. The third-order valence-corrected chi connectivity index (χ3v) is 4.40. The molecule has 2 N–H and O–H groups in total. The Bertz CT molecular complexity index is 883. The molecule has 1 atom stereocenters. The van der Waals surface area contributed by atoms with Crippen LogP contribution in [0.1, 0.15) is 18.5 Å². The molecular formula is C21H22N2O4S. The van der Waals surface area contributed by atoms with E-state index in [0.717, 1.165) is 11.3 Å². The van der Waals surface area contributed by atoms with E-state index in [1.165, 1.54) is 0 Å². The lowest BCUT2D eigenvalue weighted by atomic mass is 9.95. The lowest BCUT2D eigenvalue weighted by Crippen LogP contribution is -2.45. The van der Waals surface area contributed by atoms with Gasteiger partial charge in [0.05, 0.1) is 18.2 Å². The number of para-hydroxylation sites is 1. The molecule has 0 saturated carbocycles. The molecule has 3 rings (SSSR count). The first-order valence-corrected chi connectivity index (χ1v) is 9.26. The summed E-state index contributed by atoms with van der Waals surface area (Å²) in [5.41, 5.74) is 1.97. The molecule has 0 radical (unpaired) electrons. The average Bonchev–Trinajstić information content (AvgIpc) is 2.68. The average molecular weight is 398 g/mol. The number of ether oxygens (including phenoxy) is 3. The maximum absolute atomic E-state index is 12.7. The number of allylic oxidation sites excluding steroid dienone is 1. The molecule has 28 heavy (non-hydrogen) atoms. The molecule has 0 unspecified atom stereocenters. The largest absolute Gasteiger partial charge is 0.460 e. The summed E-state index contributed by atoms with van der Waals surface area (Å²) < 4.78 is 16.2. The molecule has 0 spiro atoms. The van der Waals surface area contributed by atoms with Crippen LogP contribution in [-0.2, 0) is 14.3 Å². The monoisotopic (exact) mass is 398 g/mol. The van der Waals surface area contributed by atoms with Crippen molar-refractivity contribution in [2.24, 2.45) is 0 Å². The fourth-order valence-corrected chi connectivity index (χ4v) is 3.16. The molecule has 0 bridgehead atoms. The summed E-state index contributed by atoms with van der Waals surface area (Å²) in [5.74, 6) is 0.982. The van der Waals surface area contributed by atoms with E-state index >= 15 is 0 Å². The second-order valence-corrected chi connectivity index (χ2v) is 6.59. The zero-order valence-corrected chi connectivity index (χ0v) is 16.5. The van der Waals surface area contributed by atoms with E-state index < -0.39 is 12.0 Å². The second kappa shape index (κ2) is 9.34. The van der Waals surface area contributed by atoms with E-state index in [-0.39, 0.29) is 6.61 Å². The molecule has 2 aromatic carbocycles. The minimum Gasteiger partial charge on any atom is -0.460 e. The Hall–Kier alpha value is -2.90. The Kier molecular flexibility index (Phi) is 6.62. The van der Waals surface area contributed by atoms with Crippen molar-refractivity contribution in [3.05, 3.63) is 71.4 Å². The molecule has 1 aliphatic heterocycles. The van der Waals surface area contributed by atoms with Crippen LogP contribution in [0.2, 0.25) is 0 Å². The van der Waals surface area contributed by atoms with Gasteiger partial charge in [0, 0.05) is 12.8 Å². The fourth-order valence-electron chi connectivity index (χ4n) is 2.89. The summed E-state index contributed by atoms with van der Waals surface area (Å²) in [7, 11) is 1.56. The number of thiocarbonyl (C=S) groups is 1. The lowest BCUT2D eigenvalue weighted by Gasteiger charge is -2.30. The van der Waals surface area contributed by atoms with Gasteiger partial charge < -0.3 is 24.8 Å². The zero-order chi connectivity index (χ0) is 19.9. The van der Waals surface area contributed by atoms with Crippen LogP contribution in [0, 0.1) is 0 Å². The van der Waals surface area contributed by atoms with Crippen molar-refractivity contribution < 1.29 is 19.0 Å². The van der Waals surface area contributed by atoms with Gasteiger partial charge in [-0.1, -0.05) is 30.3 Å². The fraction of sp³-hybridized carbons (Fsp3) is 0.238. The normalized spacial score (nSPS) is 16.2. The number of esters is 1. The van der Waals surface area contributed by atoms with Crippen molar-refractivity contribution in [1.29, 1.82) is 0 Å². The Morgan fingerprint density at radius 3 is 2.57 bits per heavy atom. The van der Waals surface area contributed by atoms with Crippen molar-refractivity contribution >= 4 is 23.3 Å². The first kappa shape index (κ1) is 19.9. The van der Waals surface area contributed by atoms with Crippen molar-refractivity contribution in [2.45, 2.75) is 13.0 Å². The van der Waals surface area contributed by atoms with Gasteiger partial charge in [0.1, 0.15) is 18.1 Å². The van der Waals surface area contributed by atoms with E-state index in [1.807, 2.05) is 54.6 Å². The molecule has 0 aliphatic carbocycles. The maximum Gasteiger partial charge on any atom is 0.338 e. The van der Waals surface area contributed by atoms with Crippen molar-refractivity contribution in [2.75, 3.05) is 20.3 Å². The van der Waals surface area contributed by atoms with Crippen molar-refractivity contribution in [3.8, 4) is 11.5 Å². The maximum atomic E-state index is 12.7. The van der Waals surface area contributed by atoms with E-state index in [0.29, 0.717) is 28.7 Å². The first-order chi connectivity index (χ1) is 13.6. The number of benzene rings is 2. The van der Waals surface area contributed by atoms with Gasteiger partial charge in [0.2, 0.25) is 0 Å². The van der Waals surface area contributed by atoms with Crippen LogP contribution < -0.4 is 15.4 Å². The zero-order valence-electron chi connectivity index (χ0n) is 15.7. The molecule has 6 nitrogen and oxygen atoms in total. The third-order valence-electron chi connectivity index (χ3n) is 4.18. The van der Waals surface area contributed by atoms with Crippen LogP contribution in [0.4, 0.5) is 0 Å². The van der Waals surface area contributed by atoms with Gasteiger partial charge in [-0.25, -0.2) is 4.79 Å². The van der Waals surface area contributed by atoms with Crippen LogP contribution in [0.15, 0.2) is 65.9 Å². The van der Waals surface area contributed by atoms with Gasteiger partial charge in [-0.05, 0) is 49.0 Å². The predicted octanol–water partition coefficient (Wildman–Crippen LogP) is 3.46. The highest BCUT2D eigenvalue weighted by Crippen LogP contribution is 2.31. The minimum atomic E-state index is -0.442. The van der Waals surface area contributed by atoms with Crippen LogP contribution in [0.3, 0.4) is 0 Å². The Morgan fingerprint density at radius 1 is 1.07 bits per heavy atom. The van der Waals surface area contributed by atoms with Gasteiger partial charge >= 0.3 is 5.97 Å². The van der Waals surface area contributed by atoms with Crippen molar-refractivity contribution in [1.82, 2.24) is 10.6 Å². The molecular weight excluding hydrogens is 376 g/mol. The van der Waals surface area contributed by atoms with Gasteiger partial charge in [0.25, 0.3) is 0 Å². The van der Waals surface area contributed by atoms with Crippen molar-refractivity contribution in [3.63, 3.8) is 0 Å². The quantitative estimate of drug-likeness (QED) is 0.420. The molecule has 0 aromatic heterocycles. The summed E-state index contributed by atoms with van der Waals surface area (Å²) in [6.07, 6.45) is 0. The minimum absolute atomic E-state index is 0.181. The Labute approximate surface area is 169 Å². The number of carbonyl (C=O) groups excluding carboxylic acids is 1. The Balaban J connectivity index is 1.87. The lowest BCUT2D eigenvalue weighted by molar-refractivity contribution is -0.140. The Morgan fingerprint density at radius 2 is 1.82 bits per heavy atom. The van der Waals surface area contributed by atoms with Gasteiger partial charge in [-0.3, -0.25) is 0 Å². The van der Waals surface area contributed by atoms with E-state index in [4.69, 9.17) is 26.4 Å². The summed E-state index contributed by atoms with van der Waals surface area (Å²) in [5, 5.41) is 6.59. The number of hydrogen-bond acceptors (Lipinski definition) is 5. The molecule has 0 amide bonds. The molecule has 0 fully saturated rings. The molecule has 7 heteroatoms. The molecule has 146 valence electrons. The number of carbonyl (C=O) groups is 1. The standard InChI is InChI=1S/C21H22N2O4S/c1-14-18(20(24)26-12-11-25-2)19(23-21(28)22-14)15-7-6-10-17(13-15)27-16-8-4-3-5-9-16/h3-10,13,19H,11-12H2,1-2H3,(H2,22,23,28)/t19-/m1/s1. The van der Waals surface area contributed by atoms with Gasteiger partial charge in [-0.2, -0.15) is 0 Å². The van der Waals surface area contributed by atoms with Crippen LogP contribution in [-0.4, -0.2) is 31.4 Å². The molecule has 0 saturated heterocycles. The predicted molar refractivity (Wildman–Crippen MR) is 110 cm³/mol. The molecule has 2 aromatic rings. The van der Waals surface area contributed by atoms with Crippen LogP contribution >= 0.6 is 12.2 Å². The van der Waals surface area contributed by atoms with Gasteiger partial charge in [-0.15, -0.1) is 0 Å². The second-order valence-electron chi connectivity index (χ2n) is 6.19. The SMILES string of the molecule is COCCOC(=O)C1=C(C)NC(=S)N[C@@H]1c1cccc(Oc2ccccc2)c1. The highest BCUT2D eigenvalue weighted by molar-refractivity contribution is 7.80. The van der Waals surface area contributed by atoms with Crippen LogP contribution in [0.25, 0.3) is 0 Å². The summed E-state index contributed by atoms with van der Waals surface area (Å²) >= 11 is 5.28. The summed E-state index contributed by atoms with van der Waals surface area (Å²) in [6, 6.07) is 16.6. The third kappa shape index (κ3) is 4.88. The topological polar surface area (TPSA) is 68.8 Å². The van der Waals surface area contributed by atoms with E-state index in [1.54, 1.807) is 14.0 Å². The number of hydrogen-bond donors (Lipinski definition) is 2. The first-order valence-electron chi connectivity index (χ1n) is 8.85. The molecule has 1 aliphatic rings.